The van der Waals surface area contributed by atoms with Gasteiger partial charge in [0.25, 0.3) is 0 Å². The van der Waals surface area contributed by atoms with Crippen LogP contribution in [0.1, 0.15) is 19.4 Å². The van der Waals surface area contributed by atoms with Gasteiger partial charge in [0.15, 0.2) is 0 Å². The molecule has 1 unspecified atom stereocenters. The fourth-order valence-electron chi connectivity index (χ4n) is 3.70. The third kappa shape index (κ3) is 3.42. The monoisotopic (exact) mass is 423 g/mol. The lowest BCUT2D eigenvalue weighted by atomic mass is 10.0. The van der Waals surface area contributed by atoms with E-state index in [0.29, 0.717) is 29.3 Å². The molecule has 0 saturated heterocycles. The molecule has 1 atom stereocenters. The molecule has 0 saturated carbocycles. The van der Waals surface area contributed by atoms with Crippen molar-refractivity contribution in [1.82, 2.24) is 19.7 Å². The number of fused-ring (bicyclic) bond motifs is 1. The summed E-state index contributed by atoms with van der Waals surface area (Å²) in [7, 11) is 0. The van der Waals surface area contributed by atoms with Gasteiger partial charge in [-0.15, -0.1) is 0 Å². The summed E-state index contributed by atoms with van der Waals surface area (Å²) >= 11 is 0. The van der Waals surface area contributed by atoms with Crippen LogP contribution in [0.5, 0.6) is 0 Å². The van der Waals surface area contributed by atoms with Crippen LogP contribution in [0.3, 0.4) is 0 Å². The molecule has 7 heteroatoms. The van der Waals surface area contributed by atoms with Crippen LogP contribution in [0.25, 0.3) is 44.9 Å². The van der Waals surface area contributed by atoms with Crippen LogP contribution >= 0.6 is 0 Å². The Morgan fingerprint density at radius 3 is 2.53 bits per heavy atom. The van der Waals surface area contributed by atoms with Crippen LogP contribution in [-0.4, -0.2) is 19.7 Å². The fraction of sp³-hybridized carbons (Fsp3) is 0.120. The molecule has 3 heterocycles. The zero-order chi connectivity index (χ0) is 22.1. The molecule has 0 fully saturated rings. The van der Waals surface area contributed by atoms with Crippen molar-refractivity contribution in [3.8, 4) is 39.9 Å². The predicted molar refractivity (Wildman–Crippen MR) is 119 cm³/mol. The van der Waals surface area contributed by atoms with Crippen molar-refractivity contribution in [2.45, 2.75) is 19.4 Å². The molecular formula is C25H18FN5O. The summed E-state index contributed by atoms with van der Waals surface area (Å²) in [4.78, 5) is 8.83. The Morgan fingerprint density at radius 1 is 1.03 bits per heavy atom. The zero-order valence-electron chi connectivity index (χ0n) is 17.2. The van der Waals surface area contributed by atoms with Gasteiger partial charge >= 0.3 is 0 Å². The molecule has 5 aromatic rings. The minimum absolute atomic E-state index is 0.329. The average molecular weight is 423 g/mol. The topological polar surface area (TPSA) is 80.5 Å². The van der Waals surface area contributed by atoms with Crippen LogP contribution in [0, 0.1) is 17.1 Å². The highest BCUT2D eigenvalue weighted by Gasteiger charge is 2.21. The average Bonchev–Trinajstić information content (AvgIpc) is 3.46. The number of hydrogen-bond acceptors (Lipinski definition) is 5. The smallest absolute Gasteiger partial charge is 0.230 e. The van der Waals surface area contributed by atoms with Crippen molar-refractivity contribution in [3.05, 3.63) is 79.0 Å². The maximum Gasteiger partial charge on any atom is 0.230 e. The minimum atomic E-state index is -0.426. The highest BCUT2D eigenvalue weighted by atomic mass is 19.1. The predicted octanol–water partition coefficient (Wildman–Crippen LogP) is 6.03. The molecule has 6 nitrogen and oxygen atoms in total. The number of benzene rings is 2. The summed E-state index contributed by atoms with van der Waals surface area (Å²) in [6.45, 7) is 1.93. The number of halogens is 1. The first kappa shape index (κ1) is 19.6. The second-order valence-corrected chi connectivity index (χ2v) is 7.35. The van der Waals surface area contributed by atoms with Crippen molar-refractivity contribution >= 4 is 11.1 Å². The number of nitrogens with zero attached hydrogens (tertiary/aromatic N) is 5. The lowest BCUT2D eigenvalue weighted by molar-refractivity contribution is 0.536. The maximum atomic E-state index is 13.5. The Bertz CT molecular complexity index is 1430. The second kappa shape index (κ2) is 8.08. The number of furan rings is 1. The first-order chi connectivity index (χ1) is 15.7. The third-order valence-corrected chi connectivity index (χ3v) is 5.35. The van der Waals surface area contributed by atoms with Gasteiger partial charge in [-0.2, -0.15) is 10.4 Å². The lowest BCUT2D eigenvalue weighted by Gasteiger charge is -2.05. The van der Waals surface area contributed by atoms with Gasteiger partial charge in [-0.3, -0.25) is 4.68 Å². The van der Waals surface area contributed by atoms with E-state index in [1.807, 2.05) is 49.5 Å². The van der Waals surface area contributed by atoms with Gasteiger partial charge in [-0.25, -0.2) is 14.4 Å². The van der Waals surface area contributed by atoms with Crippen molar-refractivity contribution in [2.75, 3.05) is 0 Å². The van der Waals surface area contributed by atoms with E-state index in [1.165, 1.54) is 18.5 Å². The molecule has 0 amide bonds. The Balaban J connectivity index is 1.72. The number of hydrogen-bond donors (Lipinski definition) is 0. The van der Waals surface area contributed by atoms with Gasteiger partial charge in [-0.1, -0.05) is 37.3 Å². The quantitative estimate of drug-likeness (QED) is 0.345. The largest absolute Gasteiger partial charge is 0.438 e. The van der Waals surface area contributed by atoms with Gasteiger partial charge in [0.05, 0.1) is 17.1 Å². The summed E-state index contributed by atoms with van der Waals surface area (Å²) in [6, 6.07) is 19.6. The molecule has 0 spiro atoms. The van der Waals surface area contributed by atoms with E-state index in [9.17, 15) is 9.65 Å². The highest BCUT2D eigenvalue weighted by molar-refractivity contribution is 5.95. The first-order valence-corrected chi connectivity index (χ1v) is 10.2. The maximum absolute atomic E-state index is 13.5. The molecule has 3 aromatic heterocycles. The Morgan fingerprint density at radius 2 is 1.81 bits per heavy atom. The van der Waals surface area contributed by atoms with Crippen LogP contribution in [0.15, 0.2) is 77.6 Å². The zero-order valence-corrected chi connectivity index (χ0v) is 17.2. The van der Waals surface area contributed by atoms with Crippen molar-refractivity contribution in [1.29, 1.82) is 5.26 Å². The normalized spacial score (nSPS) is 12.0. The summed E-state index contributed by atoms with van der Waals surface area (Å²) in [5.41, 5.74) is 4.09. The third-order valence-electron chi connectivity index (χ3n) is 5.35. The fourth-order valence-corrected chi connectivity index (χ4v) is 3.70. The van der Waals surface area contributed by atoms with E-state index in [4.69, 9.17) is 4.42 Å². The molecule has 0 radical (unpaired) electrons. The SMILES string of the molecule is CCC(C#N)n1cc(-c2ncnc3oc(-c4ccccc4)cc23)c(-c2ccc(F)cc2)n1. The summed E-state index contributed by atoms with van der Waals surface area (Å²) in [5.74, 6) is 0.353. The van der Waals surface area contributed by atoms with E-state index in [-0.39, 0.29) is 5.82 Å². The molecule has 2 aromatic carbocycles. The number of aromatic nitrogens is 4. The van der Waals surface area contributed by atoms with E-state index >= 15 is 0 Å². The van der Waals surface area contributed by atoms with Crippen molar-refractivity contribution in [2.24, 2.45) is 0 Å². The molecule has 5 rings (SSSR count). The lowest BCUT2D eigenvalue weighted by Crippen LogP contribution is -2.06. The van der Waals surface area contributed by atoms with Gasteiger partial charge in [-0.05, 0) is 36.8 Å². The van der Waals surface area contributed by atoms with E-state index in [0.717, 1.165) is 22.1 Å². The molecular weight excluding hydrogens is 405 g/mol. The van der Waals surface area contributed by atoms with E-state index in [2.05, 4.69) is 21.1 Å². The van der Waals surface area contributed by atoms with Crippen LogP contribution in [0.2, 0.25) is 0 Å². The summed E-state index contributed by atoms with van der Waals surface area (Å²) in [6.07, 6.45) is 3.86. The first-order valence-electron chi connectivity index (χ1n) is 10.2. The molecule has 32 heavy (non-hydrogen) atoms. The second-order valence-electron chi connectivity index (χ2n) is 7.35. The molecule has 0 aliphatic rings. The Kier molecular flexibility index (Phi) is 4.96. The summed E-state index contributed by atoms with van der Waals surface area (Å²) < 4.78 is 21.2. The van der Waals surface area contributed by atoms with E-state index in [1.54, 1.807) is 16.8 Å². The minimum Gasteiger partial charge on any atom is -0.438 e. The Hall–Kier alpha value is -4.31. The highest BCUT2D eigenvalue weighted by Crippen LogP contribution is 2.37. The van der Waals surface area contributed by atoms with Crippen LogP contribution < -0.4 is 0 Å². The van der Waals surface area contributed by atoms with Crippen molar-refractivity contribution < 1.29 is 8.81 Å². The standard InChI is InChI=1S/C25H18FN5O/c1-2-19(13-27)31-14-21(23(30-31)17-8-10-18(26)11-9-17)24-20-12-22(16-6-4-3-5-7-16)32-25(20)29-15-28-24/h3-12,14-15,19H,2H2,1H3. The number of rotatable bonds is 5. The molecule has 156 valence electrons. The Labute approximate surface area is 183 Å². The van der Waals surface area contributed by atoms with Gasteiger partial charge in [0, 0.05) is 22.9 Å². The van der Waals surface area contributed by atoms with Crippen molar-refractivity contribution in [3.63, 3.8) is 0 Å². The van der Waals surface area contributed by atoms with E-state index < -0.39 is 6.04 Å². The molecule has 0 bridgehead atoms. The number of nitriles is 1. The molecule has 0 aliphatic carbocycles. The molecule has 0 N–H and O–H groups in total. The van der Waals surface area contributed by atoms with Gasteiger partial charge in [0.1, 0.15) is 29.6 Å². The van der Waals surface area contributed by atoms with Gasteiger partial charge in [0.2, 0.25) is 5.71 Å². The molecule has 0 aliphatic heterocycles. The van der Waals surface area contributed by atoms with Crippen LogP contribution in [-0.2, 0) is 0 Å². The summed E-state index contributed by atoms with van der Waals surface area (Å²) in [5, 5.41) is 15.0. The van der Waals surface area contributed by atoms with Gasteiger partial charge < -0.3 is 4.42 Å². The van der Waals surface area contributed by atoms with Crippen LogP contribution in [0.4, 0.5) is 4.39 Å².